The first-order valence-electron chi connectivity index (χ1n) is 10.3. The van der Waals surface area contributed by atoms with Gasteiger partial charge >= 0.3 is 0 Å². The summed E-state index contributed by atoms with van der Waals surface area (Å²) in [6.45, 7) is 6.03. The molecule has 7 heteroatoms. The predicted molar refractivity (Wildman–Crippen MR) is 122 cm³/mol. The van der Waals surface area contributed by atoms with Crippen molar-refractivity contribution < 1.29 is 18.8 Å². The first-order valence-corrected chi connectivity index (χ1v) is 10.3. The van der Waals surface area contributed by atoms with Gasteiger partial charge in [-0.1, -0.05) is 39.0 Å². The SMILES string of the molecule is CC(C)(C)C(=O)Nc1cccc(C(=O)NCc2cccc(C(=O)NCc3ccco3)c2)c1. The summed E-state index contributed by atoms with van der Waals surface area (Å²) in [6, 6.07) is 17.4. The second-order valence-electron chi connectivity index (χ2n) is 8.43. The van der Waals surface area contributed by atoms with Crippen LogP contribution in [-0.2, 0) is 17.9 Å². The van der Waals surface area contributed by atoms with Crippen molar-refractivity contribution in [3.8, 4) is 0 Å². The highest BCUT2D eigenvalue weighted by Gasteiger charge is 2.21. The quantitative estimate of drug-likeness (QED) is 0.522. The van der Waals surface area contributed by atoms with Gasteiger partial charge in [0.15, 0.2) is 0 Å². The van der Waals surface area contributed by atoms with E-state index in [2.05, 4.69) is 16.0 Å². The molecule has 2 aromatic carbocycles. The van der Waals surface area contributed by atoms with Gasteiger partial charge in [-0.2, -0.15) is 0 Å². The Labute approximate surface area is 187 Å². The van der Waals surface area contributed by atoms with Crippen LogP contribution in [-0.4, -0.2) is 17.7 Å². The van der Waals surface area contributed by atoms with Crippen LogP contribution >= 0.6 is 0 Å². The zero-order valence-corrected chi connectivity index (χ0v) is 18.4. The Balaban J connectivity index is 1.58. The molecule has 0 saturated heterocycles. The minimum atomic E-state index is -0.534. The highest BCUT2D eigenvalue weighted by atomic mass is 16.3. The molecule has 3 amide bonds. The number of rotatable bonds is 7. The summed E-state index contributed by atoms with van der Waals surface area (Å²) in [5.41, 5.74) is 1.75. The van der Waals surface area contributed by atoms with E-state index in [1.54, 1.807) is 60.9 Å². The van der Waals surface area contributed by atoms with E-state index in [1.165, 1.54) is 0 Å². The summed E-state index contributed by atoms with van der Waals surface area (Å²) in [6.07, 6.45) is 1.55. The lowest BCUT2D eigenvalue weighted by atomic mass is 9.95. The van der Waals surface area contributed by atoms with Crippen molar-refractivity contribution >= 4 is 23.4 Å². The average molecular weight is 434 g/mol. The first-order chi connectivity index (χ1) is 15.2. The third-order valence-electron chi connectivity index (χ3n) is 4.71. The van der Waals surface area contributed by atoms with Crippen LogP contribution in [0.3, 0.4) is 0 Å². The Morgan fingerprint density at radius 3 is 2.12 bits per heavy atom. The number of nitrogens with one attached hydrogen (secondary N) is 3. The van der Waals surface area contributed by atoms with Gasteiger partial charge in [-0.15, -0.1) is 0 Å². The van der Waals surface area contributed by atoms with Gasteiger partial charge in [0.1, 0.15) is 5.76 Å². The fraction of sp³-hybridized carbons (Fsp3) is 0.240. The van der Waals surface area contributed by atoms with Gasteiger partial charge in [-0.05, 0) is 48.0 Å². The molecule has 0 spiro atoms. The van der Waals surface area contributed by atoms with Crippen LogP contribution in [0, 0.1) is 5.41 Å². The second kappa shape index (κ2) is 9.96. The molecular formula is C25H27N3O4. The van der Waals surface area contributed by atoms with E-state index in [0.717, 1.165) is 5.56 Å². The minimum absolute atomic E-state index is 0.128. The fourth-order valence-electron chi connectivity index (χ4n) is 2.85. The van der Waals surface area contributed by atoms with Gasteiger partial charge < -0.3 is 20.4 Å². The van der Waals surface area contributed by atoms with E-state index in [4.69, 9.17) is 4.42 Å². The van der Waals surface area contributed by atoms with Crippen LogP contribution in [0.1, 0.15) is 52.8 Å². The normalized spacial score (nSPS) is 11.0. The Kier molecular flexibility index (Phi) is 7.10. The maximum atomic E-state index is 12.6. The molecule has 166 valence electrons. The van der Waals surface area contributed by atoms with E-state index in [-0.39, 0.29) is 24.3 Å². The molecule has 0 atom stereocenters. The van der Waals surface area contributed by atoms with Crippen molar-refractivity contribution in [1.82, 2.24) is 10.6 Å². The predicted octanol–water partition coefficient (Wildman–Crippen LogP) is 4.12. The summed E-state index contributed by atoms with van der Waals surface area (Å²) in [4.78, 5) is 37.1. The molecular weight excluding hydrogens is 406 g/mol. The molecule has 1 aromatic heterocycles. The lowest BCUT2D eigenvalue weighted by Crippen LogP contribution is -2.28. The minimum Gasteiger partial charge on any atom is -0.467 e. The lowest BCUT2D eigenvalue weighted by molar-refractivity contribution is -0.123. The fourth-order valence-corrected chi connectivity index (χ4v) is 2.85. The molecule has 3 rings (SSSR count). The number of carbonyl (C=O) groups excluding carboxylic acids is 3. The standard InChI is InChI=1S/C25H27N3O4/c1-25(2,3)24(31)28-20-10-5-9-19(14-20)23(30)26-15-17-7-4-8-18(13-17)22(29)27-16-21-11-6-12-32-21/h4-14H,15-16H2,1-3H3,(H,26,30)(H,27,29)(H,28,31). The van der Waals surface area contributed by atoms with E-state index in [1.807, 2.05) is 26.8 Å². The maximum Gasteiger partial charge on any atom is 0.251 e. The Morgan fingerprint density at radius 2 is 1.47 bits per heavy atom. The Bertz CT molecular complexity index is 1100. The molecule has 0 unspecified atom stereocenters. The highest BCUT2D eigenvalue weighted by molar-refractivity contribution is 5.98. The van der Waals surface area contributed by atoms with E-state index >= 15 is 0 Å². The highest BCUT2D eigenvalue weighted by Crippen LogP contribution is 2.18. The Morgan fingerprint density at radius 1 is 0.812 bits per heavy atom. The third-order valence-corrected chi connectivity index (χ3v) is 4.71. The number of carbonyl (C=O) groups is 3. The van der Waals surface area contributed by atoms with E-state index in [0.29, 0.717) is 29.1 Å². The monoisotopic (exact) mass is 433 g/mol. The molecule has 7 nitrogen and oxygen atoms in total. The van der Waals surface area contributed by atoms with Crippen molar-refractivity contribution in [2.45, 2.75) is 33.9 Å². The van der Waals surface area contributed by atoms with Gasteiger partial charge in [-0.3, -0.25) is 14.4 Å². The molecule has 0 aliphatic rings. The van der Waals surface area contributed by atoms with Crippen LogP contribution in [0.4, 0.5) is 5.69 Å². The van der Waals surface area contributed by atoms with Crippen molar-refractivity contribution in [2.24, 2.45) is 5.41 Å². The van der Waals surface area contributed by atoms with E-state index in [9.17, 15) is 14.4 Å². The van der Waals surface area contributed by atoms with Gasteiger partial charge in [0.05, 0.1) is 12.8 Å². The molecule has 3 N–H and O–H groups in total. The molecule has 0 aliphatic heterocycles. The summed E-state index contributed by atoms with van der Waals surface area (Å²) in [7, 11) is 0. The van der Waals surface area contributed by atoms with Crippen LogP contribution in [0.2, 0.25) is 0 Å². The topological polar surface area (TPSA) is 100 Å². The number of hydrogen-bond donors (Lipinski definition) is 3. The molecule has 0 aliphatic carbocycles. The van der Waals surface area contributed by atoms with Crippen LogP contribution in [0.25, 0.3) is 0 Å². The van der Waals surface area contributed by atoms with Gasteiger partial charge in [0.2, 0.25) is 5.91 Å². The average Bonchev–Trinajstić information content (AvgIpc) is 3.29. The molecule has 32 heavy (non-hydrogen) atoms. The van der Waals surface area contributed by atoms with Crippen LogP contribution < -0.4 is 16.0 Å². The molecule has 3 aromatic rings. The van der Waals surface area contributed by atoms with Crippen molar-refractivity contribution in [3.63, 3.8) is 0 Å². The zero-order valence-electron chi connectivity index (χ0n) is 18.4. The third kappa shape index (κ3) is 6.31. The summed E-state index contributed by atoms with van der Waals surface area (Å²) in [5.74, 6) is 0.0429. The molecule has 0 saturated carbocycles. The van der Waals surface area contributed by atoms with Crippen molar-refractivity contribution in [1.29, 1.82) is 0 Å². The number of furan rings is 1. The summed E-state index contributed by atoms with van der Waals surface area (Å²) < 4.78 is 5.21. The van der Waals surface area contributed by atoms with Gasteiger partial charge in [-0.25, -0.2) is 0 Å². The van der Waals surface area contributed by atoms with Crippen LogP contribution in [0.15, 0.2) is 71.3 Å². The van der Waals surface area contributed by atoms with E-state index < -0.39 is 5.41 Å². The smallest absolute Gasteiger partial charge is 0.251 e. The number of amides is 3. The van der Waals surface area contributed by atoms with Gasteiger partial charge in [0.25, 0.3) is 11.8 Å². The zero-order chi connectivity index (χ0) is 23.1. The summed E-state index contributed by atoms with van der Waals surface area (Å²) >= 11 is 0. The summed E-state index contributed by atoms with van der Waals surface area (Å²) in [5, 5.41) is 8.47. The molecule has 1 heterocycles. The first kappa shape index (κ1) is 22.8. The van der Waals surface area contributed by atoms with Crippen molar-refractivity contribution in [3.05, 3.63) is 89.4 Å². The van der Waals surface area contributed by atoms with Crippen LogP contribution in [0.5, 0.6) is 0 Å². The lowest BCUT2D eigenvalue weighted by Gasteiger charge is -2.18. The second-order valence-corrected chi connectivity index (χ2v) is 8.43. The molecule has 0 radical (unpaired) electrons. The largest absolute Gasteiger partial charge is 0.467 e. The maximum absolute atomic E-state index is 12.6. The van der Waals surface area contributed by atoms with Gasteiger partial charge in [0, 0.05) is 28.8 Å². The number of hydrogen-bond acceptors (Lipinski definition) is 4. The number of benzene rings is 2. The molecule has 0 fully saturated rings. The molecule has 0 bridgehead atoms. The number of anilines is 1. The Hall–Kier alpha value is -3.87. The van der Waals surface area contributed by atoms with Crippen molar-refractivity contribution in [2.75, 3.05) is 5.32 Å².